The van der Waals surface area contributed by atoms with E-state index < -0.39 is 17.3 Å². The number of phenolic OH excluding ortho intramolecular Hbond substituents is 1. The minimum absolute atomic E-state index is 0.0767. The molecule has 0 bridgehead atoms. The van der Waals surface area contributed by atoms with Crippen LogP contribution >= 0.6 is 0 Å². The number of Topliss-reactive ketones (excluding diaryl/α,β-unsaturated/α-hetero) is 1. The molecule has 2 heterocycles. The second-order valence-corrected chi connectivity index (χ2v) is 7.67. The number of carbonyl (C=O) groups excluding carboxylic acids is 1. The molecule has 2 N–H and O–H groups in total. The first kappa shape index (κ1) is 19.4. The average Bonchev–Trinajstić information content (AvgIpc) is 2.57. The Balaban J connectivity index is 2.45. The maximum Gasteiger partial charge on any atom is 0.336 e. The fraction of sp³-hybridized carbons (Fsp3) is 0.524. The quantitative estimate of drug-likeness (QED) is 0.614. The predicted molar refractivity (Wildman–Crippen MR) is 102 cm³/mol. The molecule has 1 atom stereocenters. The number of fused-ring (bicyclic) bond motifs is 2. The highest BCUT2D eigenvalue weighted by Gasteiger charge is 2.41. The molecule has 0 aliphatic carbocycles. The van der Waals surface area contributed by atoms with E-state index in [-0.39, 0.29) is 41.3 Å². The number of aliphatic hydroxyl groups is 1. The lowest BCUT2D eigenvalue weighted by atomic mass is 9.86. The van der Waals surface area contributed by atoms with Crippen molar-refractivity contribution in [3.63, 3.8) is 0 Å². The summed E-state index contributed by atoms with van der Waals surface area (Å²) in [5.74, 6) is -0.0805. The van der Waals surface area contributed by atoms with E-state index in [1.807, 2.05) is 13.8 Å². The van der Waals surface area contributed by atoms with Crippen LogP contribution in [-0.4, -0.2) is 27.7 Å². The van der Waals surface area contributed by atoms with Crippen molar-refractivity contribution in [1.29, 1.82) is 0 Å². The highest BCUT2D eigenvalue weighted by atomic mass is 16.5. The van der Waals surface area contributed by atoms with E-state index in [0.717, 1.165) is 6.42 Å². The fourth-order valence-corrected chi connectivity index (χ4v) is 3.63. The second-order valence-electron chi connectivity index (χ2n) is 7.67. The van der Waals surface area contributed by atoms with Gasteiger partial charge in [0.2, 0.25) is 0 Å². The number of phenols is 1. The second kappa shape index (κ2) is 7.00. The van der Waals surface area contributed by atoms with Crippen molar-refractivity contribution < 1.29 is 24.2 Å². The Morgan fingerprint density at radius 3 is 2.63 bits per heavy atom. The summed E-state index contributed by atoms with van der Waals surface area (Å²) in [6.07, 6.45) is 1.53. The first-order chi connectivity index (χ1) is 12.7. The van der Waals surface area contributed by atoms with Crippen molar-refractivity contribution in [1.82, 2.24) is 0 Å². The monoisotopic (exact) mass is 374 g/mol. The molecule has 0 amide bonds. The molecule has 27 heavy (non-hydrogen) atoms. The zero-order valence-corrected chi connectivity index (χ0v) is 16.2. The summed E-state index contributed by atoms with van der Waals surface area (Å²) in [6.45, 7) is 7.30. The molecule has 0 unspecified atom stereocenters. The molecule has 146 valence electrons. The number of aromatic hydroxyl groups is 1. The Kier molecular flexibility index (Phi) is 5.04. The average molecular weight is 374 g/mol. The molecule has 0 spiro atoms. The molecule has 1 aliphatic rings. The van der Waals surface area contributed by atoms with E-state index in [2.05, 4.69) is 0 Å². The van der Waals surface area contributed by atoms with Crippen LogP contribution in [0, 0.1) is 0 Å². The van der Waals surface area contributed by atoms with E-state index in [4.69, 9.17) is 9.15 Å². The molecular formula is C21H26O6. The molecule has 0 saturated heterocycles. The summed E-state index contributed by atoms with van der Waals surface area (Å²) in [4.78, 5) is 25.1. The summed E-state index contributed by atoms with van der Waals surface area (Å²) in [5, 5.41) is 21.8. The first-order valence-electron chi connectivity index (χ1n) is 9.46. The Bertz CT molecular complexity index is 954. The molecule has 1 aromatic carbocycles. The van der Waals surface area contributed by atoms with Crippen molar-refractivity contribution in [3.8, 4) is 11.5 Å². The van der Waals surface area contributed by atoms with Crippen LogP contribution in [0.4, 0.5) is 0 Å². The minimum Gasteiger partial charge on any atom is -0.507 e. The molecule has 6 nitrogen and oxygen atoms in total. The number of aryl methyl sites for hydroxylation is 1. The van der Waals surface area contributed by atoms with E-state index in [1.54, 1.807) is 13.8 Å². The van der Waals surface area contributed by atoms with Gasteiger partial charge in [0.05, 0.1) is 11.5 Å². The number of ether oxygens (including phenoxy) is 1. The molecule has 3 rings (SSSR count). The van der Waals surface area contributed by atoms with E-state index in [9.17, 15) is 19.8 Å². The molecule has 1 aromatic heterocycles. The number of benzene rings is 1. The number of hydrogen-bond acceptors (Lipinski definition) is 6. The largest absolute Gasteiger partial charge is 0.507 e. The number of carbonyl (C=O) groups is 1. The normalized spacial score (nSPS) is 18.2. The third-order valence-corrected chi connectivity index (χ3v) is 5.13. The summed E-state index contributed by atoms with van der Waals surface area (Å²) in [6, 6.07) is 1.36. The number of ketones is 1. The van der Waals surface area contributed by atoms with Gasteiger partial charge >= 0.3 is 5.63 Å². The van der Waals surface area contributed by atoms with Crippen LogP contribution in [0.3, 0.4) is 0 Å². The van der Waals surface area contributed by atoms with Crippen molar-refractivity contribution in [2.75, 3.05) is 0 Å². The van der Waals surface area contributed by atoms with Crippen LogP contribution in [0.2, 0.25) is 0 Å². The van der Waals surface area contributed by atoms with Gasteiger partial charge in [0.25, 0.3) is 0 Å². The molecule has 0 saturated carbocycles. The van der Waals surface area contributed by atoms with Crippen molar-refractivity contribution >= 4 is 16.8 Å². The summed E-state index contributed by atoms with van der Waals surface area (Å²) < 4.78 is 11.4. The molecule has 6 heteroatoms. The fourth-order valence-electron chi connectivity index (χ4n) is 3.63. The lowest BCUT2D eigenvalue weighted by Gasteiger charge is -2.38. The summed E-state index contributed by atoms with van der Waals surface area (Å²) in [7, 11) is 0. The lowest BCUT2D eigenvalue weighted by Crippen LogP contribution is -2.46. The van der Waals surface area contributed by atoms with Crippen LogP contribution in [-0.2, 0) is 12.8 Å². The van der Waals surface area contributed by atoms with Gasteiger partial charge in [-0.05, 0) is 32.3 Å². The van der Waals surface area contributed by atoms with Gasteiger partial charge in [0, 0.05) is 24.5 Å². The molecule has 0 fully saturated rings. The van der Waals surface area contributed by atoms with E-state index in [1.165, 1.54) is 6.07 Å². The van der Waals surface area contributed by atoms with Gasteiger partial charge in [-0.1, -0.05) is 20.3 Å². The van der Waals surface area contributed by atoms with Crippen LogP contribution in [0.15, 0.2) is 15.3 Å². The Morgan fingerprint density at radius 2 is 2.00 bits per heavy atom. The predicted octanol–water partition coefficient (Wildman–Crippen LogP) is 3.51. The Labute approximate surface area is 157 Å². The van der Waals surface area contributed by atoms with Gasteiger partial charge < -0.3 is 19.4 Å². The van der Waals surface area contributed by atoms with Crippen molar-refractivity contribution in [2.24, 2.45) is 0 Å². The van der Waals surface area contributed by atoms with E-state index in [0.29, 0.717) is 29.4 Å². The molecule has 1 aliphatic heterocycles. The van der Waals surface area contributed by atoms with Gasteiger partial charge in [-0.25, -0.2) is 4.79 Å². The Hall–Kier alpha value is -2.34. The van der Waals surface area contributed by atoms with Gasteiger partial charge in [-0.3, -0.25) is 4.79 Å². The van der Waals surface area contributed by atoms with Crippen molar-refractivity contribution in [2.45, 2.75) is 71.5 Å². The molecular weight excluding hydrogens is 348 g/mol. The van der Waals surface area contributed by atoms with Crippen LogP contribution in [0.25, 0.3) is 11.0 Å². The first-order valence-corrected chi connectivity index (χ1v) is 9.46. The third kappa shape index (κ3) is 3.23. The maximum absolute atomic E-state index is 12.9. The lowest BCUT2D eigenvalue weighted by molar-refractivity contribution is -0.0419. The van der Waals surface area contributed by atoms with Crippen molar-refractivity contribution in [3.05, 3.63) is 33.2 Å². The number of hydrogen-bond donors (Lipinski definition) is 2. The molecule has 2 aromatic rings. The van der Waals surface area contributed by atoms with Gasteiger partial charge in [-0.15, -0.1) is 0 Å². The highest BCUT2D eigenvalue weighted by molar-refractivity contribution is 6.11. The highest BCUT2D eigenvalue weighted by Crippen LogP contribution is 2.47. The summed E-state index contributed by atoms with van der Waals surface area (Å²) in [5.41, 5.74) is -0.210. The van der Waals surface area contributed by atoms with Crippen LogP contribution < -0.4 is 10.4 Å². The summed E-state index contributed by atoms with van der Waals surface area (Å²) >= 11 is 0. The molecule has 0 radical (unpaired) electrons. The maximum atomic E-state index is 12.9. The van der Waals surface area contributed by atoms with Gasteiger partial charge in [0.1, 0.15) is 22.7 Å². The third-order valence-electron chi connectivity index (χ3n) is 5.13. The number of rotatable bonds is 5. The SMILES string of the molecule is CCCC(=O)c1c2c(c(O)c3c(CCC)cc(=O)oc13)C[C@@H](O)C(C)(C)O2. The van der Waals surface area contributed by atoms with Gasteiger partial charge in [-0.2, -0.15) is 0 Å². The van der Waals surface area contributed by atoms with Crippen LogP contribution in [0.5, 0.6) is 11.5 Å². The van der Waals surface area contributed by atoms with Gasteiger partial charge in [0.15, 0.2) is 11.4 Å². The zero-order chi connectivity index (χ0) is 19.9. The van der Waals surface area contributed by atoms with Crippen LogP contribution in [0.1, 0.15) is 68.4 Å². The van der Waals surface area contributed by atoms with E-state index >= 15 is 0 Å². The zero-order valence-electron chi connectivity index (χ0n) is 16.2. The topological polar surface area (TPSA) is 97.0 Å². The smallest absolute Gasteiger partial charge is 0.336 e. The Morgan fingerprint density at radius 1 is 1.30 bits per heavy atom. The number of aliphatic hydroxyl groups excluding tert-OH is 1. The minimum atomic E-state index is -0.935. The standard InChI is InChI=1S/C21H26O6/c1-5-7-11-9-15(24)26-20-16(11)18(25)12-10-14(23)21(3,4)27-19(12)17(20)13(22)8-6-2/h9,14,23,25H,5-8,10H2,1-4H3/t14-/m1/s1.